The van der Waals surface area contributed by atoms with Gasteiger partial charge in [0.2, 0.25) is 0 Å². The van der Waals surface area contributed by atoms with E-state index >= 15 is 0 Å². The van der Waals surface area contributed by atoms with Crippen molar-refractivity contribution in [2.24, 2.45) is 0 Å². The number of aromatic nitrogens is 4. The van der Waals surface area contributed by atoms with Crippen LogP contribution in [0.15, 0.2) is 55.1 Å². The molecular weight excluding hydrogens is 284 g/mol. The normalized spacial score (nSPS) is 11.1. The van der Waals surface area contributed by atoms with Crippen molar-refractivity contribution >= 4 is 33.4 Å². The van der Waals surface area contributed by atoms with E-state index in [1.807, 2.05) is 30.3 Å². The van der Waals surface area contributed by atoms with E-state index in [1.54, 1.807) is 18.5 Å². The number of halogens is 1. The van der Waals surface area contributed by atoms with Gasteiger partial charge in [0.25, 0.3) is 0 Å². The zero-order valence-corrected chi connectivity index (χ0v) is 11.6. The van der Waals surface area contributed by atoms with Crippen LogP contribution in [0, 0.1) is 0 Å². The van der Waals surface area contributed by atoms with E-state index in [4.69, 9.17) is 16.6 Å². The molecule has 0 fully saturated rings. The van der Waals surface area contributed by atoms with E-state index in [9.17, 15) is 0 Å². The second-order valence-electron chi connectivity index (χ2n) is 4.67. The van der Waals surface area contributed by atoms with Crippen molar-refractivity contribution in [2.75, 3.05) is 0 Å². The van der Waals surface area contributed by atoms with Crippen molar-refractivity contribution in [1.29, 1.82) is 0 Å². The minimum Gasteiger partial charge on any atom is -0.245 e. The third-order valence-corrected chi connectivity index (χ3v) is 3.55. The summed E-state index contributed by atoms with van der Waals surface area (Å²) in [4.78, 5) is 17.2. The Balaban J connectivity index is 2.05. The number of hydrogen-bond donors (Lipinski definition) is 0. The second-order valence-corrected chi connectivity index (χ2v) is 5.05. The molecule has 4 rings (SSSR count). The summed E-state index contributed by atoms with van der Waals surface area (Å²) in [7, 11) is 0. The summed E-state index contributed by atoms with van der Waals surface area (Å²) in [6.45, 7) is 0. The van der Waals surface area contributed by atoms with Crippen molar-refractivity contribution in [3.05, 3.63) is 60.3 Å². The highest BCUT2D eigenvalue weighted by molar-refractivity contribution is 6.30. The largest absolute Gasteiger partial charge is 0.245 e. The van der Waals surface area contributed by atoms with Gasteiger partial charge in [-0.05, 0) is 18.2 Å². The summed E-state index contributed by atoms with van der Waals surface area (Å²) in [5, 5.41) is 2.50. The van der Waals surface area contributed by atoms with Gasteiger partial charge in [-0.25, -0.2) is 19.9 Å². The van der Waals surface area contributed by atoms with Gasteiger partial charge in [0, 0.05) is 28.7 Å². The van der Waals surface area contributed by atoms with Gasteiger partial charge < -0.3 is 0 Å². The predicted molar refractivity (Wildman–Crippen MR) is 83.1 cm³/mol. The van der Waals surface area contributed by atoms with Crippen LogP contribution < -0.4 is 0 Å². The predicted octanol–water partition coefficient (Wildman–Crippen LogP) is 3.89. The van der Waals surface area contributed by atoms with Crippen LogP contribution >= 0.6 is 11.6 Å². The molecule has 0 aliphatic rings. The average Bonchev–Trinajstić information content (AvgIpc) is 2.55. The summed E-state index contributed by atoms with van der Waals surface area (Å²) >= 11 is 6.02. The maximum atomic E-state index is 6.02. The number of fused-ring (bicyclic) bond motifs is 3. The highest BCUT2D eigenvalue weighted by Gasteiger charge is 2.07. The van der Waals surface area contributed by atoms with Crippen LogP contribution in [0.5, 0.6) is 0 Å². The van der Waals surface area contributed by atoms with E-state index in [0.717, 1.165) is 33.1 Å². The third kappa shape index (κ3) is 2.10. The van der Waals surface area contributed by atoms with Crippen molar-refractivity contribution in [3.63, 3.8) is 0 Å². The topological polar surface area (TPSA) is 51.6 Å². The van der Waals surface area contributed by atoms with Crippen LogP contribution in [-0.2, 0) is 0 Å². The first-order valence-electron chi connectivity index (χ1n) is 6.43. The van der Waals surface area contributed by atoms with Crippen molar-refractivity contribution in [1.82, 2.24) is 19.9 Å². The molecule has 0 N–H and O–H groups in total. The Kier molecular flexibility index (Phi) is 2.75. The van der Waals surface area contributed by atoms with Gasteiger partial charge >= 0.3 is 0 Å². The first kappa shape index (κ1) is 12.2. The average molecular weight is 293 g/mol. The first-order chi connectivity index (χ1) is 10.3. The van der Waals surface area contributed by atoms with Gasteiger partial charge in [0.1, 0.15) is 11.5 Å². The highest BCUT2D eigenvalue weighted by atomic mass is 35.5. The summed E-state index contributed by atoms with van der Waals surface area (Å²) in [5.41, 5.74) is 3.32. The Morgan fingerprint density at radius 3 is 2.10 bits per heavy atom. The molecule has 0 aliphatic carbocycles. The molecule has 4 nitrogen and oxygen atoms in total. The lowest BCUT2D eigenvalue weighted by Crippen LogP contribution is -1.90. The minimum atomic E-state index is 0.463. The van der Waals surface area contributed by atoms with E-state index in [1.165, 1.54) is 6.33 Å². The number of rotatable bonds is 1. The Bertz CT molecular complexity index is 954. The van der Waals surface area contributed by atoms with Gasteiger partial charge in [0.05, 0.1) is 16.7 Å². The molecule has 0 spiro atoms. The standard InChI is InChI=1S/C16H9ClN4/c17-14-6-4-11-2-1-10-3-5-13(12-7-18-9-19-8-12)20-15(10)16(11)21-14/h1-9H. The van der Waals surface area contributed by atoms with Gasteiger partial charge in [-0.2, -0.15) is 0 Å². The maximum absolute atomic E-state index is 6.02. The number of pyridine rings is 2. The Morgan fingerprint density at radius 2 is 1.33 bits per heavy atom. The Morgan fingerprint density at radius 1 is 0.714 bits per heavy atom. The molecule has 100 valence electrons. The maximum Gasteiger partial charge on any atom is 0.129 e. The summed E-state index contributed by atoms with van der Waals surface area (Å²) in [5.74, 6) is 0. The molecule has 21 heavy (non-hydrogen) atoms. The molecule has 0 aliphatic heterocycles. The summed E-state index contributed by atoms with van der Waals surface area (Å²) in [6, 6.07) is 11.8. The van der Waals surface area contributed by atoms with Crippen LogP contribution in [0.2, 0.25) is 5.15 Å². The Labute approximate surface area is 125 Å². The number of hydrogen-bond acceptors (Lipinski definition) is 4. The smallest absolute Gasteiger partial charge is 0.129 e. The fourth-order valence-electron chi connectivity index (χ4n) is 2.34. The molecule has 0 saturated carbocycles. The minimum absolute atomic E-state index is 0.463. The molecule has 3 aromatic heterocycles. The summed E-state index contributed by atoms with van der Waals surface area (Å²) < 4.78 is 0. The molecule has 0 atom stereocenters. The quantitative estimate of drug-likeness (QED) is 0.394. The SMILES string of the molecule is Clc1ccc2ccc3ccc(-c4cncnc4)nc3c2n1. The van der Waals surface area contributed by atoms with E-state index < -0.39 is 0 Å². The van der Waals surface area contributed by atoms with Gasteiger partial charge in [0.15, 0.2) is 0 Å². The fraction of sp³-hybridized carbons (Fsp3) is 0. The number of benzene rings is 1. The van der Waals surface area contributed by atoms with Crippen molar-refractivity contribution in [2.45, 2.75) is 0 Å². The van der Waals surface area contributed by atoms with Crippen LogP contribution in [0.3, 0.4) is 0 Å². The van der Waals surface area contributed by atoms with E-state index in [2.05, 4.69) is 15.0 Å². The molecular formula is C16H9ClN4. The molecule has 0 unspecified atom stereocenters. The van der Waals surface area contributed by atoms with Crippen LogP contribution in [-0.4, -0.2) is 19.9 Å². The molecule has 5 heteroatoms. The van der Waals surface area contributed by atoms with Crippen LogP contribution in [0.4, 0.5) is 0 Å². The molecule has 1 aromatic carbocycles. The zero-order chi connectivity index (χ0) is 14.2. The van der Waals surface area contributed by atoms with Gasteiger partial charge in [-0.3, -0.25) is 0 Å². The molecule has 4 aromatic rings. The third-order valence-electron chi connectivity index (χ3n) is 3.34. The first-order valence-corrected chi connectivity index (χ1v) is 6.80. The lowest BCUT2D eigenvalue weighted by molar-refractivity contribution is 1.16. The molecule has 3 heterocycles. The lowest BCUT2D eigenvalue weighted by Gasteiger charge is -2.05. The molecule has 0 amide bonds. The fourth-order valence-corrected chi connectivity index (χ4v) is 2.48. The summed E-state index contributed by atoms with van der Waals surface area (Å²) in [6.07, 6.45) is 4.99. The lowest BCUT2D eigenvalue weighted by atomic mass is 10.1. The van der Waals surface area contributed by atoms with E-state index in [-0.39, 0.29) is 0 Å². The highest BCUT2D eigenvalue weighted by Crippen LogP contribution is 2.26. The second kappa shape index (κ2) is 4.75. The van der Waals surface area contributed by atoms with E-state index in [0.29, 0.717) is 5.15 Å². The van der Waals surface area contributed by atoms with Crippen molar-refractivity contribution < 1.29 is 0 Å². The van der Waals surface area contributed by atoms with Gasteiger partial charge in [-0.1, -0.05) is 29.8 Å². The number of nitrogens with zero attached hydrogens (tertiary/aromatic N) is 4. The monoisotopic (exact) mass is 292 g/mol. The molecule has 0 saturated heterocycles. The van der Waals surface area contributed by atoms with Crippen LogP contribution in [0.25, 0.3) is 33.1 Å². The van der Waals surface area contributed by atoms with Gasteiger partial charge in [-0.15, -0.1) is 0 Å². The zero-order valence-electron chi connectivity index (χ0n) is 10.9. The molecule has 0 bridgehead atoms. The molecule has 0 radical (unpaired) electrons. The van der Waals surface area contributed by atoms with Crippen molar-refractivity contribution in [3.8, 4) is 11.3 Å². The Hall–Kier alpha value is -2.59. The van der Waals surface area contributed by atoms with Crippen LogP contribution in [0.1, 0.15) is 0 Å².